The number of carbonyl (C=O) groups is 2. The van der Waals surface area contributed by atoms with E-state index in [-0.39, 0.29) is 0 Å². The molecule has 0 aromatic carbocycles. The summed E-state index contributed by atoms with van der Waals surface area (Å²) in [4.78, 5) is 19.9. The number of aliphatic carboxylic acids is 1. The first kappa shape index (κ1) is 9.08. The quantitative estimate of drug-likeness (QED) is 0.520. The minimum atomic E-state index is -1.52. The lowest BCUT2D eigenvalue weighted by atomic mass is 10.00. The summed E-state index contributed by atoms with van der Waals surface area (Å²) in [5, 5.41) is 10.1. The molecule has 0 radical (unpaired) electrons. The van der Waals surface area contributed by atoms with E-state index in [4.69, 9.17) is 16.6 Å². The van der Waals surface area contributed by atoms with Crippen LogP contribution in [0, 0.1) is 5.92 Å². The number of nitrogens with two attached hydrogens (primary N) is 2. The number of carbonyl (C=O) groups excluding carboxylic acids is 1. The maximum atomic E-state index is 10.8. The molecule has 66 valence electrons. The summed E-state index contributed by atoms with van der Waals surface area (Å²) < 4.78 is 0. The van der Waals surface area contributed by atoms with Crippen molar-refractivity contribution in [1.82, 2.24) is 0 Å². The van der Waals surface area contributed by atoms with E-state index in [1.54, 1.807) is 0 Å². The topological polar surface area (TPSA) is 106 Å². The predicted octanol–water partition coefficient (Wildman–Crippen LogP) is -0.912. The number of rotatable bonds is 2. The first-order valence-electron chi connectivity index (χ1n) is 3.14. The molecule has 0 aliphatic carbocycles. The number of hydrogen-bond donors (Lipinski definition) is 3. The van der Waals surface area contributed by atoms with E-state index in [0.29, 0.717) is 0 Å². The molecule has 0 unspecified atom stereocenters. The zero-order chi connectivity index (χ0) is 9.35. The van der Waals surface area contributed by atoms with E-state index in [2.05, 4.69) is 0 Å². The Morgan fingerprint density at radius 3 is 2.50 bits per heavy atom. The average molecular weight is 188 g/mol. The van der Waals surface area contributed by atoms with Crippen molar-refractivity contribution in [3.63, 3.8) is 0 Å². The first-order valence-corrected chi connectivity index (χ1v) is 4.02. The van der Waals surface area contributed by atoms with Crippen molar-refractivity contribution < 1.29 is 14.7 Å². The lowest BCUT2D eigenvalue weighted by Gasteiger charge is -2.23. The molecule has 5 N–H and O–H groups in total. The molecule has 1 aliphatic rings. The van der Waals surface area contributed by atoms with Crippen LogP contribution in [0.2, 0.25) is 0 Å². The number of carboxylic acid groups (broad SMARTS) is 1. The van der Waals surface area contributed by atoms with Crippen LogP contribution in [0.15, 0.2) is 11.5 Å². The number of amides is 1. The Hall–Kier alpha value is -1.01. The minimum absolute atomic E-state index is 0.815. The van der Waals surface area contributed by atoms with Gasteiger partial charge >= 0.3 is 5.97 Å². The molecule has 12 heavy (non-hydrogen) atoms. The third-order valence-corrected chi connectivity index (χ3v) is 2.79. The molecule has 0 aromatic heterocycles. The maximum absolute atomic E-state index is 10.8. The second-order valence-corrected chi connectivity index (χ2v) is 3.60. The third kappa shape index (κ3) is 1.19. The second-order valence-electron chi connectivity index (χ2n) is 2.42. The van der Waals surface area contributed by atoms with Crippen molar-refractivity contribution in [3.05, 3.63) is 11.5 Å². The van der Waals surface area contributed by atoms with E-state index in [9.17, 15) is 9.59 Å². The highest BCUT2D eigenvalue weighted by atomic mass is 32.2. The third-order valence-electron chi connectivity index (χ3n) is 1.65. The molecule has 5 nitrogen and oxygen atoms in total. The fourth-order valence-electron chi connectivity index (χ4n) is 0.924. The number of carboxylic acids is 1. The van der Waals surface area contributed by atoms with Crippen LogP contribution in [0.5, 0.6) is 0 Å². The van der Waals surface area contributed by atoms with Crippen molar-refractivity contribution in [2.24, 2.45) is 17.4 Å². The Kier molecular flexibility index (Phi) is 2.12. The van der Waals surface area contributed by atoms with Crippen molar-refractivity contribution in [3.8, 4) is 0 Å². The largest absolute Gasteiger partial charge is 0.481 e. The van der Waals surface area contributed by atoms with Crippen LogP contribution in [-0.4, -0.2) is 21.9 Å². The number of primary amides is 1. The fourth-order valence-corrected chi connectivity index (χ4v) is 1.83. The normalized spacial score (nSPS) is 33.6. The molecule has 0 saturated heterocycles. The van der Waals surface area contributed by atoms with Gasteiger partial charge in [0.2, 0.25) is 5.91 Å². The van der Waals surface area contributed by atoms with Gasteiger partial charge in [-0.3, -0.25) is 9.59 Å². The van der Waals surface area contributed by atoms with Crippen LogP contribution in [0.25, 0.3) is 0 Å². The smallest absolute Gasteiger partial charge is 0.313 e. The Labute approximate surface area is 72.8 Å². The van der Waals surface area contributed by atoms with Gasteiger partial charge in [0.25, 0.3) is 0 Å². The summed E-state index contributed by atoms with van der Waals surface area (Å²) in [6.45, 7) is 0. The van der Waals surface area contributed by atoms with E-state index in [1.807, 2.05) is 0 Å². The van der Waals surface area contributed by atoms with Gasteiger partial charge in [-0.2, -0.15) is 0 Å². The highest BCUT2D eigenvalue weighted by Crippen LogP contribution is 2.36. The zero-order valence-corrected chi connectivity index (χ0v) is 6.88. The molecule has 6 heteroatoms. The van der Waals surface area contributed by atoms with Gasteiger partial charge in [-0.1, -0.05) is 6.08 Å². The Morgan fingerprint density at radius 1 is 1.58 bits per heavy atom. The van der Waals surface area contributed by atoms with Crippen LogP contribution >= 0.6 is 11.8 Å². The molecule has 1 heterocycles. The summed E-state index contributed by atoms with van der Waals surface area (Å²) in [7, 11) is 0. The highest BCUT2D eigenvalue weighted by Gasteiger charge is 2.46. The van der Waals surface area contributed by atoms with Crippen LogP contribution < -0.4 is 11.5 Å². The van der Waals surface area contributed by atoms with Crippen LogP contribution in [0.4, 0.5) is 0 Å². The molecule has 1 rings (SSSR count). The molecule has 0 saturated carbocycles. The second kappa shape index (κ2) is 2.80. The van der Waals surface area contributed by atoms with Crippen molar-refractivity contribution >= 4 is 23.6 Å². The zero-order valence-electron chi connectivity index (χ0n) is 6.06. The van der Waals surface area contributed by atoms with Crippen molar-refractivity contribution in [2.75, 3.05) is 0 Å². The fraction of sp³-hybridized carbons (Fsp3) is 0.333. The van der Waals surface area contributed by atoms with Gasteiger partial charge in [0, 0.05) is 0 Å². The average Bonchev–Trinajstić information content (AvgIpc) is 2.32. The van der Waals surface area contributed by atoms with Gasteiger partial charge in [-0.05, 0) is 5.41 Å². The van der Waals surface area contributed by atoms with E-state index >= 15 is 0 Å². The standard InChI is InChI=1S/C6H8N2O3S/c7-5(11)6(8)3(4(9)10)1-2-12-6/h1-3H,8H2,(H2,7,11)(H,9,10)/t3-,6+/m0/s1. The van der Waals surface area contributed by atoms with Gasteiger partial charge in [-0.25, -0.2) is 0 Å². The monoisotopic (exact) mass is 188 g/mol. The molecule has 1 aliphatic heterocycles. The number of thioether (sulfide) groups is 1. The molecule has 0 spiro atoms. The highest BCUT2D eigenvalue weighted by molar-refractivity contribution is 8.04. The Balaban J connectivity index is 2.94. The lowest BCUT2D eigenvalue weighted by Crippen LogP contribution is -2.54. The van der Waals surface area contributed by atoms with Crippen molar-refractivity contribution in [1.29, 1.82) is 0 Å². The summed E-state index contributed by atoms with van der Waals surface area (Å²) >= 11 is 0.931. The van der Waals surface area contributed by atoms with E-state index < -0.39 is 22.7 Å². The van der Waals surface area contributed by atoms with Gasteiger partial charge in [0.05, 0.1) is 0 Å². The molecule has 0 bridgehead atoms. The predicted molar refractivity (Wildman–Crippen MR) is 44.0 cm³/mol. The lowest BCUT2D eigenvalue weighted by molar-refractivity contribution is -0.143. The van der Waals surface area contributed by atoms with Gasteiger partial charge < -0.3 is 16.6 Å². The van der Waals surface area contributed by atoms with Gasteiger partial charge in [0.15, 0.2) is 4.87 Å². The van der Waals surface area contributed by atoms with E-state index in [0.717, 1.165) is 11.8 Å². The van der Waals surface area contributed by atoms with Crippen LogP contribution in [0.3, 0.4) is 0 Å². The van der Waals surface area contributed by atoms with Gasteiger partial charge in [0.1, 0.15) is 5.92 Å². The summed E-state index contributed by atoms with van der Waals surface area (Å²) in [5.41, 5.74) is 10.5. The Morgan fingerprint density at radius 2 is 2.17 bits per heavy atom. The summed E-state index contributed by atoms with van der Waals surface area (Å²) in [6.07, 6.45) is 1.36. The maximum Gasteiger partial charge on any atom is 0.313 e. The number of hydrogen-bond acceptors (Lipinski definition) is 4. The minimum Gasteiger partial charge on any atom is -0.481 e. The summed E-state index contributed by atoms with van der Waals surface area (Å²) in [6, 6.07) is 0. The SMILES string of the molecule is NC(=O)[C@]1(N)SC=C[C@H]1C(=O)O. The van der Waals surface area contributed by atoms with Crippen molar-refractivity contribution in [2.45, 2.75) is 4.87 Å². The molecular formula is C6H8N2O3S. The van der Waals surface area contributed by atoms with Crippen LogP contribution in [-0.2, 0) is 9.59 Å². The van der Waals surface area contributed by atoms with Gasteiger partial charge in [-0.15, -0.1) is 11.8 Å². The molecule has 2 atom stereocenters. The molecule has 0 fully saturated rings. The first-order chi connectivity index (χ1) is 5.48. The van der Waals surface area contributed by atoms with E-state index in [1.165, 1.54) is 11.5 Å². The Bertz CT molecular complexity index is 266. The molecule has 1 amide bonds. The van der Waals surface area contributed by atoms with Crippen LogP contribution in [0.1, 0.15) is 0 Å². The summed E-state index contributed by atoms with van der Waals surface area (Å²) in [5.74, 6) is -2.98. The molecule has 0 aromatic rings. The molecular weight excluding hydrogens is 180 g/mol.